The van der Waals surface area contributed by atoms with Gasteiger partial charge in [0.25, 0.3) is 5.56 Å². The highest BCUT2D eigenvalue weighted by molar-refractivity contribution is 5.97. The normalized spacial score (nSPS) is 13.7. The van der Waals surface area contributed by atoms with Gasteiger partial charge in [0, 0.05) is 17.1 Å². The molecular formula is C20H18N4O3. The zero-order chi connectivity index (χ0) is 19.2. The summed E-state index contributed by atoms with van der Waals surface area (Å²) in [5.74, 6) is -1.14. The van der Waals surface area contributed by atoms with Crippen LogP contribution in [0, 0.1) is 0 Å². The first kappa shape index (κ1) is 17.0. The van der Waals surface area contributed by atoms with Crippen molar-refractivity contribution in [3.8, 4) is 11.3 Å². The van der Waals surface area contributed by atoms with Crippen molar-refractivity contribution in [3.05, 3.63) is 65.1 Å². The summed E-state index contributed by atoms with van der Waals surface area (Å²) in [4.78, 5) is 31.9. The lowest BCUT2D eigenvalue weighted by molar-refractivity contribution is -0.147. The fourth-order valence-corrected chi connectivity index (χ4v) is 3.34. The second-order valence-corrected chi connectivity index (χ2v) is 6.44. The SMILES string of the molecule is CCC(N)(C(=O)O)n1cc(-c2nc3ccccc3[nH]c2=O)c2ccccc21. The van der Waals surface area contributed by atoms with Gasteiger partial charge in [0.05, 0.1) is 16.6 Å². The third-order valence-corrected chi connectivity index (χ3v) is 4.91. The van der Waals surface area contributed by atoms with Crippen LogP contribution in [-0.2, 0) is 10.5 Å². The quantitative estimate of drug-likeness (QED) is 0.516. The van der Waals surface area contributed by atoms with Crippen molar-refractivity contribution in [3.63, 3.8) is 0 Å². The first-order chi connectivity index (χ1) is 13.0. The molecule has 0 aliphatic carbocycles. The number of carbonyl (C=O) groups is 1. The number of rotatable bonds is 4. The number of nitrogens with zero attached hydrogens (tertiary/aromatic N) is 2. The molecule has 0 aliphatic rings. The van der Waals surface area contributed by atoms with E-state index >= 15 is 0 Å². The maximum absolute atomic E-state index is 12.7. The van der Waals surface area contributed by atoms with Gasteiger partial charge < -0.3 is 14.7 Å². The van der Waals surface area contributed by atoms with Gasteiger partial charge in [-0.2, -0.15) is 0 Å². The van der Waals surface area contributed by atoms with E-state index in [1.165, 1.54) is 4.57 Å². The van der Waals surface area contributed by atoms with Crippen LogP contribution in [-0.4, -0.2) is 25.6 Å². The van der Waals surface area contributed by atoms with E-state index < -0.39 is 11.6 Å². The predicted octanol–water partition coefficient (Wildman–Crippen LogP) is 2.65. The number of fused-ring (bicyclic) bond motifs is 2. The van der Waals surface area contributed by atoms with Crippen LogP contribution in [0.4, 0.5) is 0 Å². The van der Waals surface area contributed by atoms with Gasteiger partial charge in [-0.25, -0.2) is 9.78 Å². The Balaban J connectivity index is 2.06. The standard InChI is InChI=1S/C20H18N4O3/c1-2-20(21,19(26)27)24-11-13(12-7-3-6-10-16(12)24)17-18(25)23-15-9-5-4-8-14(15)22-17/h3-11H,2,21H2,1H3,(H,23,25)(H,26,27). The minimum absolute atomic E-state index is 0.182. The molecule has 0 amide bonds. The summed E-state index contributed by atoms with van der Waals surface area (Å²) in [7, 11) is 0. The number of carboxylic acids is 1. The first-order valence-corrected chi connectivity index (χ1v) is 8.58. The lowest BCUT2D eigenvalue weighted by atomic mass is 10.1. The largest absolute Gasteiger partial charge is 0.478 e. The molecule has 136 valence electrons. The molecule has 27 heavy (non-hydrogen) atoms. The first-order valence-electron chi connectivity index (χ1n) is 8.58. The molecule has 1 unspecified atom stereocenters. The van der Waals surface area contributed by atoms with Gasteiger partial charge in [0.2, 0.25) is 0 Å². The number of benzene rings is 2. The van der Waals surface area contributed by atoms with Gasteiger partial charge in [0.15, 0.2) is 5.66 Å². The number of hydrogen-bond acceptors (Lipinski definition) is 4. The molecule has 2 aromatic heterocycles. The lowest BCUT2D eigenvalue weighted by Gasteiger charge is -2.26. The minimum Gasteiger partial charge on any atom is -0.478 e. The Bertz CT molecular complexity index is 1240. The molecule has 4 aromatic rings. The fraction of sp³-hybridized carbons (Fsp3) is 0.150. The topological polar surface area (TPSA) is 114 Å². The molecule has 0 bridgehead atoms. The second-order valence-electron chi connectivity index (χ2n) is 6.44. The molecule has 4 rings (SSSR count). The van der Waals surface area contributed by atoms with Crippen molar-refractivity contribution in [2.75, 3.05) is 0 Å². The molecule has 1 atom stereocenters. The summed E-state index contributed by atoms with van der Waals surface area (Å²) in [6.07, 6.45) is 1.79. The second kappa shape index (κ2) is 6.07. The summed E-state index contributed by atoms with van der Waals surface area (Å²) >= 11 is 0. The number of para-hydroxylation sites is 3. The van der Waals surface area contributed by atoms with Crippen LogP contribution in [0.15, 0.2) is 59.5 Å². The molecule has 0 saturated heterocycles. The highest BCUT2D eigenvalue weighted by atomic mass is 16.4. The fourth-order valence-electron chi connectivity index (χ4n) is 3.34. The molecule has 4 N–H and O–H groups in total. The molecular weight excluding hydrogens is 344 g/mol. The number of aromatic nitrogens is 3. The molecule has 0 fully saturated rings. The van der Waals surface area contributed by atoms with Crippen LogP contribution < -0.4 is 11.3 Å². The van der Waals surface area contributed by atoms with E-state index in [1.807, 2.05) is 30.3 Å². The maximum Gasteiger partial charge on any atom is 0.344 e. The molecule has 0 spiro atoms. The Morgan fingerprint density at radius 2 is 1.93 bits per heavy atom. The summed E-state index contributed by atoms with van der Waals surface area (Å²) < 4.78 is 1.51. The third kappa shape index (κ3) is 2.51. The number of aromatic amines is 1. The Morgan fingerprint density at radius 3 is 2.67 bits per heavy atom. The number of carboxylic acid groups (broad SMARTS) is 1. The van der Waals surface area contributed by atoms with Crippen LogP contribution in [0.1, 0.15) is 13.3 Å². The van der Waals surface area contributed by atoms with Gasteiger partial charge >= 0.3 is 5.97 Å². The van der Waals surface area contributed by atoms with E-state index in [0.29, 0.717) is 22.1 Å². The van der Waals surface area contributed by atoms with Gasteiger partial charge in [0.1, 0.15) is 5.69 Å². The van der Waals surface area contributed by atoms with Crippen LogP contribution >= 0.6 is 0 Å². The molecule has 7 nitrogen and oxygen atoms in total. The Labute approximate surface area is 154 Å². The van der Waals surface area contributed by atoms with E-state index in [4.69, 9.17) is 5.73 Å². The summed E-state index contributed by atoms with van der Waals surface area (Å²) in [6.45, 7) is 1.71. The molecule has 0 aliphatic heterocycles. The smallest absolute Gasteiger partial charge is 0.344 e. The van der Waals surface area contributed by atoms with Crippen molar-refractivity contribution < 1.29 is 9.90 Å². The van der Waals surface area contributed by atoms with Crippen LogP contribution in [0.5, 0.6) is 0 Å². The molecule has 0 saturated carbocycles. The van der Waals surface area contributed by atoms with Gasteiger partial charge in [-0.3, -0.25) is 10.5 Å². The lowest BCUT2D eigenvalue weighted by Crippen LogP contribution is -2.49. The van der Waals surface area contributed by atoms with Gasteiger partial charge in [-0.15, -0.1) is 0 Å². The van der Waals surface area contributed by atoms with Crippen molar-refractivity contribution >= 4 is 27.9 Å². The molecule has 2 aromatic carbocycles. The number of aliphatic carboxylic acids is 1. The monoisotopic (exact) mass is 362 g/mol. The zero-order valence-electron chi connectivity index (χ0n) is 14.6. The van der Waals surface area contributed by atoms with E-state index in [1.54, 1.807) is 31.3 Å². The van der Waals surface area contributed by atoms with E-state index in [9.17, 15) is 14.7 Å². The van der Waals surface area contributed by atoms with Crippen LogP contribution in [0.3, 0.4) is 0 Å². The number of nitrogens with one attached hydrogen (secondary N) is 1. The zero-order valence-corrected chi connectivity index (χ0v) is 14.6. The average molecular weight is 362 g/mol. The summed E-state index contributed by atoms with van der Waals surface area (Å²) in [5.41, 5.74) is 6.94. The molecule has 2 heterocycles. The van der Waals surface area contributed by atoms with Crippen molar-refractivity contribution in [1.82, 2.24) is 14.5 Å². The van der Waals surface area contributed by atoms with E-state index in [0.717, 1.165) is 5.39 Å². The summed E-state index contributed by atoms with van der Waals surface area (Å²) in [6, 6.07) is 14.5. The van der Waals surface area contributed by atoms with E-state index in [-0.39, 0.29) is 17.7 Å². The molecule has 0 radical (unpaired) electrons. The number of hydrogen-bond donors (Lipinski definition) is 3. The van der Waals surface area contributed by atoms with Crippen molar-refractivity contribution in [2.45, 2.75) is 19.0 Å². The molecule has 7 heteroatoms. The number of nitrogens with two attached hydrogens (primary N) is 1. The summed E-state index contributed by atoms with van der Waals surface area (Å²) in [5, 5.41) is 10.4. The highest BCUT2D eigenvalue weighted by Crippen LogP contribution is 2.32. The van der Waals surface area contributed by atoms with Crippen molar-refractivity contribution in [1.29, 1.82) is 0 Å². The predicted molar refractivity (Wildman–Crippen MR) is 103 cm³/mol. The Morgan fingerprint density at radius 1 is 1.22 bits per heavy atom. The third-order valence-electron chi connectivity index (χ3n) is 4.91. The van der Waals surface area contributed by atoms with E-state index in [2.05, 4.69) is 9.97 Å². The van der Waals surface area contributed by atoms with Gasteiger partial charge in [-0.05, 0) is 24.6 Å². The average Bonchev–Trinajstić information content (AvgIpc) is 3.06. The van der Waals surface area contributed by atoms with Crippen LogP contribution in [0.2, 0.25) is 0 Å². The minimum atomic E-state index is -1.62. The van der Waals surface area contributed by atoms with Crippen molar-refractivity contribution in [2.24, 2.45) is 5.73 Å². The highest BCUT2D eigenvalue weighted by Gasteiger charge is 2.36. The van der Waals surface area contributed by atoms with Gasteiger partial charge in [-0.1, -0.05) is 37.3 Å². The number of H-pyrrole nitrogens is 1. The maximum atomic E-state index is 12.7. The Kier molecular flexibility index (Phi) is 3.82. The van der Waals surface area contributed by atoms with Crippen LogP contribution in [0.25, 0.3) is 33.2 Å². The Hall–Kier alpha value is -3.45.